The summed E-state index contributed by atoms with van der Waals surface area (Å²) in [5.74, 6) is 1.06. The van der Waals surface area contributed by atoms with Gasteiger partial charge in [-0.05, 0) is 38.3 Å². The lowest BCUT2D eigenvalue weighted by molar-refractivity contribution is -0.134. The van der Waals surface area contributed by atoms with E-state index in [-0.39, 0.29) is 24.4 Å². The van der Waals surface area contributed by atoms with Crippen molar-refractivity contribution in [3.63, 3.8) is 0 Å². The minimum atomic E-state index is -0.0711. The summed E-state index contributed by atoms with van der Waals surface area (Å²) in [5.41, 5.74) is 1.63. The van der Waals surface area contributed by atoms with Gasteiger partial charge in [0.05, 0.1) is 17.5 Å². The number of fused-ring (bicyclic) bond motifs is 1. The molecule has 0 aliphatic carbocycles. The molecule has 3 heterocycles. The van der Waals surface area contributed by atoms with Crippen LogP contribution in [0.5, 0.6) is 0 Å². The Kier molecular flexibility index (Phi) is 4.72. The molecule has 7 heteroatoms. The molecule has 0 spiro atoms. The van der Waals surface area contributed by atoms with E-state index >= 15 is 0 Å². The molecule has 0 saturated carbocycles. The summed E-state index contributed by atoms with van der Waals surface area (Å²) < 4.78 is 5.20. The first-order valence-corrected chi connectivity index (χ1v) is 9.87. The van der Waals surface area contributed by atoms with Crippen LogP contribution >= 0.6 is 11.8 Å². The smallest absolute Gasteiger partial charge is 0.243 e. The van der Waals surface area contributed by atoms with Crippen molar-refractivity contribution in [1.82, 2.24) is 10.1 Å². The molecule has 0 N–H and O–H groups in total. The summed E-state index contributed by atoms with van der Waals surface area (Å²) in [7, 11) is 0. The fourth-order valence-corrected chi connectivity index (χ4v) is 4.57. The fraction of sp³-hybridized carbons (Fsp3) is 0.421. The second-order valence-corrected chi connectivity index (χ2v) is 7.71. The van der Waals surface area contributed by atoms with Gasteiger partial charge in [-0.15, -0.1) is 11.8 Å². The molecule has 0 unspecified atom stereocenters. The Labute approximate surface area is 156 Å². The van der Waals surface area contributed by atoms with Gasteiger partial charge in [-0.25, -0.2) is 0 Å². The average molecular weight is 371 g/mol. The zero-order valence-electron chi connectivity index (χ0n) is 14.7. The van der Waals surface area contributed by atoms with Crippen LogP contribution in [0.15, 0.2) is 39.8 Å². The summed E-state index contributed by atoms with van der Waals surface area (Å²) in [5, 5.41) is 4.12. The molecule has 136 valence electrons. The maximum Gasteiger partial charge on any atom is 0.243 e. The monoisotopic (exact) mass is 371 g/mol. The number of likely N-dealkylation sites (tertiary alicyclic amines) is 1. The van der Waals surface area contributed by atoms with Crippen LogP contribution < -0.4 is 4.90 Å². The number of anilines is 1. The minimum absolute atomic E-state index is 0.0205. The van der Waals surface area contributed by atoms with Crippen LogP contribution in [0.3, 0.4) is 0 Å². The number of rotatable bonds is 3. The maximum absolute atomic E-state index is 13.1. The zero-order valence-corrected chi connectivity index (χ0v) is 15.5. The molecular formula is C19H21N3O3S. The number of para-hydroxylation sites is 1. The van der Waals surface area contributed by atoms with E-state index in [1.807, 2.05) is 42.2 Å². The van der Waals surface area contributed by atoms with Crippen LogP contribution in [0.2, 0.25) is 0 Å². The predicted octanol–water partition coefficient (Wildman–Crippen LogP) is 3.18. The summed E-state index contributed by atoms with van der Waals surface area (Å²) in [6, 6.07) is 9.58. The number of nitrogens with zero attached hydrogens (tertiary/aromatic N) is 3. The molecule has 1 fully saturated rings. The van der Waals surface area contributed by atoms with Crippen LogP contribution in [-0.2, 0) is 9.59 Å². The van der Waals surface area contributed by atoms with Gasteiger partial charge in [-0.1, -0.05) is 17.3 Å². The molecule has 2 aliphatic heterocycles. The molecule has 0 radical (unpaired) electrons. The van der Waals surface area contributed by atoms with Crippen molar-refractivity contribution in [1.29, 1.82) is 0 Å². The number of aromatic nitrogens is 1. The zero-order chi connectivity index (χ0) is 18.1. The molecule has 26 heavy (non-hydrogen) atoms. The summed E-state index contributed by atoms with van der Waals surface area (Å²) in [4.78, 5) is 30.0. The van der Waals surface area contributed by atoms with Crippen molar-refractivity contribution in [3.8, 4) is 0 Å². The average Bonchev–Trinajstić information content (AvgIpc) is 3.10. The molecule has 6 nitrogen and oxygen atoms in total. The number of hydrogen-bond donors (Lipinski definition) is 0. The quantitative estimate of drug-likeness (QED) is 0.829. The number of hydrogen-bond acceptors (Lipinski definition) is 5. The lowest BCUT2D eigenvalue weighted by Crippen LogP contribution is -2.47. The molecule has 0 bridgehead atoms. The van der Waals surface area contributed by atoms with Gasteiger partial charge < -0.3 is 14.3 Å². The van der Waals surface area contributed by atoms with Gasteiger partial charge in [0.1, 0.15) is 18.0 Å². The van der Waals surface area contributed by atoms with Gasteiger partial charge in [0.2, 0.25) is 11.8 Å². The molecule has 1 atom stereocenters. The van der Waals surface area contributed by atoms with Crippen molar-refractivity contribution in [2.24, 2.45) is 0 Å². The minimum Gasteiger partial charge on any atom is -0.361 e. The second kappa shape index (κ2) is 7.15. The number of piperidine rings is 1. The van der Waals surface area contributed by atoms with Crippen LogP contribution in [0.1, 0.15) is 36.8 Å². The molecule has 2 aromatic rings. The fourth-order valence-electron chi connectivity index (χ4n) is 3.63. The highest BCUT2D eigenvalue weighted by Gasteiger charge is 2.33. The lowest BCUT2D eigenvalue weighted by Gasteiger charge is -2.37. The standard InChI is InChI=1S/C19H21N3O3S/c1-13-10-14(20-25-13)15-6-4-5-9-21(15)18(23)11-22-16-7-2-3-8-17(16)26-12-19(22)24/h2-3,7-8,10,15H,4-6,9,11-12H2,1H3/t15-/m1/s1. The van der Waals surface area contributed by atoms with Crippen LogP contribution in [0, 0.1) is 6.92 Å². The second-order valence-electron chi connectivity index (χ2n) is 6.70. The van der Waals surface area contributed by atoms with Crippen LogP contribution in [0.25, 0.3) is 0 Å². The molecule has 1 saturated heterocycles. The van der Waals surface area contributed by atoms with E-state index < -0.39 is 0 Å². The summed E-state index contributed by atoms with van der Waals surface area (Å²) in [6.45, 7) is 2.62. The van der Waals surface area contributed by atoms with Gasteiger partial charge >= 0.3 is 0 Å². The van der Waals surface area contributed by atoms with Gasteiger partial charge in [-0.2, -0.15) is 0 Å². The van der Waals surface area contributed by atoms with Crippen LogP contribution in [0.4, 0.5) is 5.69 Å². The van der Waals surface area contributed by atoms with Gasteiger partial charge in [0.25, 0.3) is 0 Å². The Morgan fingerprint density at radius 1 is 1.35 bits per heavy atom. The van der Waals surface area contributed by atoms with Gasteiger partial charge in [-0.3, -0.25) is 9.59 Å². The van der Waals surface area contributed by atoms with Gasteiger partial charge in [0.15, 0.2) is 0 Å². The third-order valence-corrected chi connectivity index (χ3v) is 5.96. The van der Waals surface area contributed by atoms with Crippen LogP contribution in [-0.4, -0.2) is 40.7 Å². The predicted molar refractivity (Wildman–Crippen MR) is 99.1 cm³/mol. The van der Waals surface area contributed by atoms with E-state index in [0.29, 0.717) is 12.3 Å². The molecule has 1 aromatic carbocycles. The molecular weight excluding hydrogens is 350 g/mol. The van der Waals surface area contributed by atoms with Crippen molar-refractivity contribution >= 4 is 29.3 Å². The Hall–Kier alpha value is -2.28. The number of amides is 2. The number of carbonyl (C=O) groups excluding carboxylic acids is 2. The largest absolute Gasteiger partial charge is 0.361 e. The van der Waals surface area contributed by atoms with Crippen molar-refractivity contribution in [3.05, 3.63) is 41.8 Å². The van der Waals surface area contributed by atoms with E-state index in [4.69, 9.17) is 4.52 Å². The summed E-state index contributed by atoms with van der Waals surface area (Å²) in [6.07, 6.45) is 2.90. The third kappa shape index (κ3) is 3.23. The molecule has 2 aliphatic rings. The first kappa shape index (κ1) is 17.1. The van der Waals surface area contributed by atoms with E-state index in [0.717, 1.165) is 41.3 Å². The molecule has 1 aromatic heterocycles. The summed E-state index contributed by atoms with van der Waals surface area (Å²) >= 11 is 1.52. The SMILES string of the molecule is Cc1cc([C@H]2CCCCN2C(=O)CN2C(=O)CSc3ccccc32)no1. The Morgan fingerprint density at radius 3 is 3.00 bits per heavy atom. The van der Waals surface area contributed by atoms with E-state index in [9.17, 15) is 9.59 Å². The Bertz CT molecular complexity index is 835. The first-order valence-electron chi connectivity index (χ1n) is 8.88. The van der Waals surface area contributed by atoms with E-state index in [1.54, 1.807) is 4.90 Å². The van der Waals surface area contributed by atoms with E-state index in [1.165, 1.54) is 11.8 Å². The van der Waals surface area contributed by atoms with Crippen molar-refractivity contribution in [2.45, 2.75) is 37.1 Å². The maximum atomic E-state index is 13.1. The highest BCUT2D eigenvalue weighted by molar-refractivity contribution is 8.00. The van der Waals surface area contributed by atoms with Gasteiger partial charge in [0, 0.05) is 17.5 Å². The Balaban J connectivity index is 1.56. The van der Waals surface area contributed by atoms with Crippen molar-refractivity contribution < 1.29 is 14.1 Å². The first-order chi connectivity index (χ1) is 12.6. The lowest BCUT2D eigenvalue weighted by atomic mass is 9.99. The normalized spacial score (nSPS) is 20.2. The number of benzene rings is 1. The number of aryl methyl sites for hydroxylation is 1. The number of thioether (sulfide) groups is 1. The third-order valence-electron chi connectivity index (χ3n) is 4.91. The molecule has 4 rings (SSSR count). The van der Waals surface area contributed by atoms with E-state index in [2.05, 4.69) is 5.16 Å². The van der Waals surface area contributed by atoms with Crippen molar-refractivity contribution in [2.75, 3.05) is 23.7 Å². The highest BCUT2D eigenvalue weighted by atomic mass is 32.2. The topological polar surface area (TPSA) is 66.7 Å². The molecule has 2 amide bonds. The number of carbonyl (C=O) groups is 2. The highest BCUT2D eigenvalue weighted by Crippen LogP contribution is 2.36. The Morgan fingerprint density at radius 2 is 2.19 bits per heavy atom.